The highest BCUT2D eigenvalue weighted by Crippen LogP contribution is 2.16. The van der Waals surface area contributed by atoms with Crippen LogP contribution in [0.15, 0.2) is 0 Å². The zero-order valence-electron chi connectivity index (χ0n) is 9.87. The molecule has 2 heterocycles. The molecular weight excluding hydrogens is 188 g/mol. The molecule has 0 aromatic carbocycles. The molecule has 0 bridgehead atoms. The number of nitrogens with zero attached hydrogens (tertiary/aromatic N) is 1. The highest BCUT2D eigenvalue weighted by molar-refractivity contribution is 4.82. The maximum absolute atomic E-state index is 5.77. The SMILES string of the molecule is CCNC1CCN(CC2CCCCO2)C1. The van der Waals surface area contributed by atoms with Crippen molar-refractivity contribution >= 4 is 0 Å². The van der Waals surface area contributed by atoms with Gasteiger partial charge < -0.3 is 10.1 Å². The highest BCUT2D eigenvalue weighted by Gasteiger charge is 2.24. The van der Waals surface area contributed by atoms with Crippen molar-refractivity contribution < 1.29 is 4.74 Å². The summed E-state index contributed by atoms with van der Waals surface area (Å²) in [7, 11) is 0. The molecule has 0 amide bonds. The molecule has 2 fully saturated rings. The first-order chi connectivity index (χ1) is 7.38. The molecule has 3 nitrogen and oxygen atoms in total. The van der Waals surface area contributed by atoms with Gasteiger partial charge in [-0.3, -0.25) is 4.90 Å². The van der Waals surface area contributed by atoms with Crippen LogP contribution < -0.4 is 5.32 Å². The van der Waals surface area contributed by atoms with Gasteiger partial charge in [0.1, 0.15) is 0 Å². The molecule has 0 radical (unpaired) electrons. The fourth-order valence-electron chi connectivity index (χ4n) is 2.69. The first-order valence-electron chi connectivity index (χ1n) is 6.46. The predicted molar refractivity (Wildman–Crippen MR) is 62.1 cm³/mol. The van der Waals surface area contributed by atoms with Gasteiger partial charge in [0, 0.05) is 25.7 Å². The summed E-state index contributed by atoms with van der Waals surface area (Å²) in [6, 6.07) is 0.721. The van der Waals surface area contributed by atoms with Crippen molar-refractivity contribution in [2.75, 3.05) is 32.8 Å². The molecule has 0 aromatic heterocycles. The maximum Gasteiger partial charge on any atom is 0.0702 e. The molecule has 2 unspecified atom stereocenters. The molecule has 2 aliphatic heterocycles. The minimum atomic E-state index is 0.513. The van der Waals surface area contributed by atoms with Crippen LogP contribution in [0.4, 0.5) is 0 Å². The van der Waals surface area contributed by atoms with E-state index in [9.17, 15) is 0 Å². The third-order valence-corrected chi connectivity index (χ3v) is 3.50. The largest absolute Gasteiger partial charge is 0.377 e. The minimum absolute atomic E-state index is 0.513. The fraction of sp³-hybridized carbons (Fsp3) is 1.00. The standard InChI is InChI=1S/C12H24N2O/c1-2-13-11-6-7-14(9-11)10-12-5-3-4-8-15-12/h11-13H,2-10H2,1H3. The Morgan fingerprint density at radius 2 is 2.27 bits per heavy atom. The van der Waals surface area contributed by atoms with E-state index in [0.29, 0.717) is 6.10 Å². The number of rotatable bonds is 4. The van der Waals surface area contributed by atoms with Gasteiger partial charge in [-0.05, 0) is 38.8 Å². The average Bonchev–Trinajstić information content (AvgIpc) is 2.68. The van der Waals surface area contributed by atoms with E-state index in [2.05, 4.69) is 17.1 Å². The van der Waals surface area contributed by atoms with E-state index in [1.165, 1.54) is 38.8 Å². The topological polar surface area (TPSA) is 24.5 Å². The monoisotopic (exact) mass is 212 g/mol. The summed E-state index contributed by atoms with van der Waals surface area (Å²) < 4.78 is 5.77. The van der Waals surface area contributed by atoms with Crippen LogP contribution in [0.5, 0.6) is 0 Å². The quantitative estimate of drug-likeness (QED) is 0.759. The second kappa shape index (κ2) is 5.83. The second-order valence-corrected chi connectivity index (χ2v) is 4.79. The molecule has 0 spiro atoms. The molecule has 1 N–H and O–H groups in total. The van der Waals surface area contributed by atoms with E-state index >= 15 is 0 Å². The Hall–Kier alpha value is -0.120. The van der Waals surface area contributed by atoms with Crippen LogP contribution in [0, 0.1) is 0 Å². The summed E-state index contributed by atoms with van der Waals surface area (Å²) >= 11 is 0. The maximum atomic E-state index is 5.77. The van der Waals surface area contributed by atoms with Gasteiger partial charge in [-0.15, -0.1) is 0 Å². The van der Waals surface area contributed by atoms with Gasteiger partial charge in [0.05, 0.1) is 6.10 Å². The van der Waals surface area contributed by atoms with Gasteiger partial charge in [0.2, 0.25) is 0 Å². The molecule has 2 saturated heterocycles. The Bertz CT molecular complexity index is 180. The third kappa shape index (κ3) is 3.44. The Balaban J connectivity index is 1.67. The first-order valence-corrected chi connectivity index (χ1v) is 6.46. The van der Waals surface area contributed by atoms with Crippen molar-refractivity contribution in [2.45, 2.75) is 44.8 Å². The molecule has 0 aromatic rings. The van der Waals surface area contributed by atoms with Gasteiger partial charge in [-0.25, -0.2) is 0 Å². The van der Waals surface area contributed by atoms with Crippen molar-refractivity contribution in [3.05, 3.63) is 0 Å². The fourth-order valence-corrected chi connectivity index (χ4v) is 2.69. The normalized spacial score (nSPS) is 33.4. The number of ether oxygens (including phenoxy) is 1. The predicted octanol–water partition coefficient (Wildman–Crippen LogP) is 1.24. The summed E-state index contributed by atoms with van der Waals surface area (Å²) in [5.41, 5.74) is 0. The van der Waals surface area contributed by atoms with Crippen LogP contribution in [-0.4, -0.2) is 49.8 Å². The molecule has 3 heteroatoms. The Labute approximate surface area is 93.2 Å². The van der Waals surface area contributed by atoms with Gasteiger partial charge >= 0.3 is 0 Å². The van der Waals surface area contributed by atoms with Crippen LogP contribution in [0.2, 0.25) is 0 Å². The lowest BCUT2D eigenvalue weighted by molar-refractivity contribution is -0.00211. The van der Waals surface area contributed by atoms with E-state index in [1.54, 1.807) is 0 Å². The molecule has 2 aliphatic rings. The van der Waals surface area contributed by atoms with E-state index < -0.39 is 0 Å². The average molecular weight is 212 g/mol. The molecule has 88 valence electrons. The Morgan fingerprint density at radius 1 is 1.33 bits per heavy atom. The third-order valence-electron chi connectivity index (χ3n) is 3.50. The van der Waals surface area contributed by atoms with Crippen molar-refractivity contribution in [3.8, 4) is 0 Å². The first kappa shape index (κ1) is 11.4. The number of hydrogen-bond donors (Lipinski definition) is 1. The van der Waals surface area contributed by atoms with Crippen molar-refractivity contribution in [1.29, 1.82) is 0 Å². The lowest BCUT2D eigenvalue weighted by atomic mass is 10.1. The number of likely N-dealkylation sites (N-methyl/N-ethyl adjacent to an activating group) is 1. The molecule has 2 atom stereocenters. The molecule has 0 aliphatic carbocycles. The molecular formula is C12H24N2O. The Morgan fingerprint density at radius 3 is 3.00 bits per heavy atom. The number of nitrogens with one attached hydrogen (secondary N) is 1. The van der Waals surface area contributed by atoms with Crippen LogP contribution in [-0.2, 0) is 4.74 Å². The van der Waals surface area contributed by atoms with Crippen LogP contribution in [0.1, 0.15) is 32.6 Å². The van der Waals surface area contributed by atoms with E-state index in [1.807, 2.05) is 0 Å². The van der Waals surface area contributed by atoms with Crippen molar-refractivity contribution in [3.63, 3.8) is 0 Å². The second-order valence-electron chi connectivity index (χ2n) is 4.79. The number of likely N-dealkylation sites (tertiary alicyclic amines) is 1. The van der Waals surface area contributed by atoms with E-state index in [4.69, 9.17) is 4.74 Å². The van der Waals surface area contributed by atoms with E-state index in [-0.39, 0.29) is 0 Å². The Kier molecular flexibility index (Phi) is 4.42. The summed E-state index contributed by atoms with van der Waals surface area (Å²) in [6.07, 6.45) is 5.70. The molecule has 2 rings (SSSR count). The van der Waals surface area contributed by atoms with Gasteiger partial charge in [-0.1, -0.05) is 6.92 Å². The van der Waals surface area contributed by atoms with Crippen LogP contribution in [0.3, 0.4) is 0 Å². The summed E-state index contributed by atoms with van der Waals surface area (Å²) in [4.78, 5) is 2.56. The lowest BCUT2D eigenvalue weighted by Gasteiger charge is -2.27. The van der Waals surface area contributed by atoms with Crippen LogP contribution in [0.25, 0.3) is 0 Å². The van der Waals surface area contributed by atoms with Gasteiger partial charge in [0.25, 0.3) is 0 Å². The molecule has 15 heavy (non-hydrogen) atoms. The lowest BCUT2D eigenvalue weighted by Crippen LogP contribution is -2.37. The number of hydrogen-bond acceptors (Lipinski definition) is 3. The zero-order chi connectivity index (χ0) is 10.5. The van der Waals surface area contributed by atoms with Crippen molar-refractivity contribution in [2.24, 2.45) is 0 Å². The van der Waals surface area contributed by atoms with E-state index in [0.717, 1.165) is 25.7 Å². The van der Waals surface area contributed by atoms with Gasteiger partial charge in [0.15, 0.2) is 0 Å². The molecule has 0 saturated carbocycles. The summed E-state index contributed by atoms with van der Waals surface area (Å²) in [5, 5.41) is 3.53. The minimum Gasteiger partial charge on any atom is -0.377 e. The summed E-state index contributed by atoms with van der Waals surface area (Å²) in [5.74, 6) is 0. The summed E-state index contributed by atoms with van der Waals surface area (Å²) in [6.45, 7) is 7.88. The van der Waals surface area contributed by atoms with Gasteiger partial charge in [-0.2, -0.15) is 0 Å². The van der Waals surface area contributed by atoms with Crippen LogP contribution >= 0.6 is 0 Å². The zero-order valence-corrected chi connectivity index (χ0v) is 9.87. The smallest absolute Gasteiger partial charge is 0.0702 e. The van der Waals surface area contributed by atoms with Crippen molar-refractivity contribution in [1.82, 2.24) is 10.2 Å². The highest BCUT2D eigenvalue weighted by atomic mass is 16.5.